The van der Waals surface area contributed by atoms with Gasteiger partial charge in [0, 0.05) is 6.42 Å². The van der Waals surface area contributed by atoms with Crippen LogP contribution < -0.4 is 0 Å². The van der Waals surface area contributed by atoms with E-state index in [1.807, 2.05) is 6.92 Å². The third-order valence-electron chi connectivity index (χ3n) is 2.19. The largest absolute Gasteiger partial charge is 0.465 e. The SMILES string of the molecule is CCCOC(=O)C1CCC(=NO)C1. The molecule has 1 aliphatic rings. The number of hydrogen-bond acceptors (Lipinski definition) is 4. The van der Waals surface area contributed by atoms with E-state index >= 15 is 0 Å². The van der Waals surface area contributed by atoms with Gasteiger partial charge in [-0.1, -0.05) is 12.1 Å². The third kappa shape index (κ3) is 2.72. The number of rotatable bonds is 3. The summed E-state index contributed by atoms with van der Waals surface area (Å²) >= 11 is 0. The lowest BCUT2D eigenvalue weighted by Gasteiger charge is -2.07. The number of nitrogens with zero attached hydrogens (tertiary/aromatic N) is 1. The maximum atomic E-state index is 11.3. The first kappa shape index (κ1) is 10.0. The molecular weight excluding hydrogens is 170 g/mol. The van der Waals surface area contributed by atoms with Crippen LogP contribution in [0.1, 0.15) is 32.6 Å². The molecule has 1 unspecified atom stereocenters. The van der Waals surface area contributed by atoms with E-state index in [1.54, 1.807) is 0 Å². The van der Waals surface area contributed by atoms with Gasteiger partial charge in [-0.2, -0.15) is 0 Å². The summed E-state index contributed by atoms with van der Waals surface area (Å²) in [7, 11) is 0. The molecule has 0 spiro atoms. The maximum absolute atomic E-state index is 11.3. The lowest BCUT2D eigenvalue weighted by atomic mass is 10.1. The van der Waals surface area contributed by atoms with Gasteiger partial charge in [0.05, 0.1) is 18.2 Å². The molecule has 0 aromatic carbocycles. The van der Waals surface area contributed by atoms with Crippen molar-refractivity contribution in [3.8, 4) is 0 Å². The van der Waals surface area contributed by atoms with E-state index in [1.165, 1.54) is 0 Å². The summed E-state index contributed by atoms with van der Waals surface area (Å²) in [6.45, 7) is 2.45. The minimum atomic E-state index is -0.152. The van der Waals surface area contributed by atoms with E-state index < -0.39 is 0 Å². The fourth-order valence-corrected chi connectivity index (χ4v) is 1.44. The first-order valence-corrected chi connectivity index (χ1v) is 4.64. The number of carbonyl (C=O) groups excluding carboxylic acids is 1. The van der Waals surface area contributed by atoms with Crippen LogP contribution in [0.4, 0.5) is 0 Å². The van der Waals surface area contributed by atoms with Crippen LogP contribution in [0.3, 0.4) is 0 Å². The molecule has 13 heavy (non-hydrogen) atoms. The monoisotopic (exact) mass is 185 g/mol. The molecule has 1 aliphatic carbocycles. The molecule has 1 fully saturated rings. The van der Waals surface area contributed by atoms with Crippen molar-refractivity contribution in [2.45, 2.75) is 32.6 Å². The van der Waals surface area contributed by atoms with E-state index in [4.69, 9.17) is 9.94 Å². The smallest absolute Gasteiger partial charge is 0.309 e. The molecule has 1 saturated carbocycles. The lowest BCUT2D eigenvalue weighted by molar-refractivity contribution is -0.148. The number of esters is 1. The minimum Gasteiger partial charge on any atom is -0.465 e. The van der Waals surface area contributed by atoms with Crippen molar-refractivity contribution in [1.82, 2.24) is 0 Å². The van der Waals surface area contributed by atoms with Gasteiger partial charge < -0.3 is 9.94 Å². The highest BCUT2D eigenvalue weighted by Crippen LogP contribution is 2.24. The van der Waals surface area contributed by atoms with Gasteiger partial charge in [0.15, 0.2) is 0 Å². The molecule has 0 aromatic rings. The van der Waals surface area contributed by atoms with Gasteiger partial charge in [-0.15, -0.1) is 0 Å². The number of hydrogen-bond donors (Lipinski definition) is 1. The molecule has 0 aromatic heterocycles. The van der Waals surface area contributed by atoms with Crippen LogP contribution in [0.15, 0.2) is 5.16 Å². The highest BCUT2D eigenvalue weighted by Gasteiger charge is 2.28. The molecule has 0 amide bonds. The zero-order valence-corrected chi connectivity index (χ0v) is 7.82. The number of oxime groups is 1. The van der Waals surface area contributed by atoms with Crippen LogP contribution in [0.5, 0.6) is 0 Å². The fraction of sp³-hybridized carbons (Fsp3) is 0.778. The van der Waals surface area contributed by atoms with Crippen molar-refractivity contribution in [1.29, 1.82) is 0 Å². The summed E-state index contributed by atoms with van der Waals surface area (Å²) in [5.74, 6) is -0.238. The summed E-state index contributed by atoms with van der Waals surface area (Å²) in [4.78, 5) is 11.3. The minimum absolute atomic E-state index is 0.0857. The predicted molar refractivity (Wildman–Crippen MR) is 47.8 cm³/mol. The van der Waals surface area contributed by atoms with E-state index in [0.29, 0.717) is 25.2 Å². The Morgan fingerprint density at radius 2 is 2.54 bits per heavy atom. The highest BCUT2D eigenvalue weighted by atomic mass is 16.5. The Labute approximate surface area is 77.6 Å². The van der Waals surface area contributed by atoms with E-state index in [2.05, 4.69) is 5.16 Å². The Balaban J connectivity index is 2.33. The second-order valence-electron chi connectivity index (χ2n) is 3.27. The summed E-state index contributed by atoms with van der Waals surface area (Å²) in [6, 6.07) is 0. The average molecular weight is 185 g/mol. The first-order valence-electron chi connectivity index (χ1n) is 4.64. The van der Waals surface area contributed by atoms with Crippen molar-refractivity contribution in [2.75, 3.05) is 6.61 Å². The Kier molecular flexibility index (Phi) is 3.73. The Hall–Kier alpha value is -1.06. The second-order valence-corrected chi connectivity index (χ2v) is 3.27. The van der Waals surface area contributed by atoms with Crippen LogP contribution in [-0.4, -0.2) is 23.5 Å². The van der Waals surface area contributed by atoms with Crippen LogP contribution >= 0.6 is 0 Å². The molecule has 0 bridgehead atoms. The molecular formula is C9H15NO3. The van der Waals surface area contributed by atoms with Gasteiger partial charge in [0.25, 0.3) is 0 Å². The van der Waals surface area contributed by atoms with Crippen LogP contribution in [-0.2, 0) is 9.53 Å². The van der Waals surface area contributed by atoms with E-state index in [9.17, 15) is 4.79 Å². The van der Waals surface area contributed by atoms with Gasteiger partial charge in [-0.3, -0.25) is 4.79 Å². The summed E-state index contributed by atoms with van der Waals surface area (Å²) in [5.41, 5.74) is 0.707. The molecule has 1 N–H and O–H groups in total. The Morgan fingerprint density at radius 1 is 1.77 bits per heavy atom. The Morgan fingerprint density at radius 3 is 3.08 bits per heavy atom. The van der Waals surface area contributed by atoms with Gasteiger partial charge in [0.2, 0.25) is 0 Å². The quantitative estimate of drug-likeness (QED) is 0.412. The van der Waals surface area contributed by atoms with Crippen molar-refractivity contribution in [3.05, 3.63) is 0 Å². The molecule has 4 heteroatoms. The molecule has 0 heterocycles. The topological polar surface area (TPSA) is 58.9 Å². The summed E-state index contributed by atoms with van der Waals surface area (Å²) < 4.78 is 4.99. The Bertz CT molecular complexity index is 213. The zero-order valence-electron chi connectivity index (χ0n) is 7.82. The van der Waals surface area contributed by atoms with Crippen molar-refractivity contribution in [3.63, 3.8) is 0 Å². The van der Waals surface area contributed by atoms with Crippen LogP contribution in [0.2, 0.25) is 0 Å². The standard InChI is InChI=1S/C9H15NO3/c1-2-5-13-9(11)7-3-4-8(6-7)10-12/h7,12H,2-6H2,1H3. The van der Waals surface area contributed by atoms with E-state index in [-0.39, 0.29) is 11.9 Å². The molecule has 74 valence electrons. The molecule has 0 aliphatic heterocycles. The summed E-state index contributed by atoms with van der Waals surface area (Å²) in [5, 5.41) is 11.6. The van der Waals surface area contributed by atoms with Gasteiger partial charge in [-0.25, -0.2) is 0 Å². The van der Waals surface area contributed by atoms with Crippen LogP contribution in [0, 0.1) is 5.92 Å². The third-order valence-corrected chi connectivity index (χ3v) is 2.19. The highest BCUT2D eigenvalue weighted by molar-refractivity contribution is 5.91. The lowest BCUT2D eigenvalue weighted by Crippen LogP contribution is -2.15. The second kappa shape index (κ2) is 4.84. The van der Waals surface area contributed by atoms with Crippen molar-refractivity contribution >= 4 is 11.7 Å². The molecule has 0 radical (unpaired) electrons. The molecule has 1 rings (SSSR count). The predicted octanol–water partition coefficient (Wildman–Crippen LogP) is 1.57. The van der Waals surface area contributed by atoms with Crippen molar-refractivity contribution in [2.24, 2.45) is 11.1 Å². The number of ether oxygens (including phenoxy) is 1. The van der Waals surface area contributed by atoms with Crippen LogP contribution in [0.25, 0.3) is 0 Å². The number of carbonyl (C=O) groups is 1. The summed E-state index contributed by atoms with van der Waals surface area (Å²) in [6.07, 6.45) is 2.86. The molecule has 4 nitrogen and oxygen atoms in total. The fourth-order valence-electron chi connectivity index (χ4n) is 1.44. The maximum Gasteiger partial charge on any atom is 0.309 e. The van der Waals surface area contributed by atoms with Gasteiger partial charge in [0.1, 0.15) is 0 Å². The molecule has 1 atom stereocenters. The first-order chi connectivity index (χ1) is 6.27. The zero-order chi connectivity index (χ0) is 9.68. The molecule has 0 saturated heterocycles. The van der Waals surface area contributed by atoms with Crippen molar-refractivity contribution < 1.29 is 14.7 Å². The van der Waals surface area contributed by atoms with E-state index in [0.717, 1.165) is 12.8 Å². The normalized spacial score (nSPS) is 25.0. The van der Waals surface area contributed by atoms with Gasteiger partial charge >= 0.3 is 5.97 Å². The van der Waals surface area contributed by atoms with Gasteiger partial charge in [-0.05, 0) is 19.3 Å². The average Bonchev–Trinajstić information content (AvgIpc) is 2.62.